The predicted octanol–water partition coefficient (Wildman–Crippen LogP) is 4.60. The Balaban J connectivity index is 1.41. The second-order valence-corrected chi connectivity index (χ2v) is 8.76. The fraction of sp³-hybridized carbons (Fsp3) is 0.286. The molecule has 3 aromatic carbocycles. The largest absolute Gasteiger partial charge is 0.497 e. The van der Waals surface area contributed by atoms with Gasteiger partial charge in [-0.2, -0.15) is 0 Å². The number of carbonyl (C=O) groups excluding carboxylic acids is 2. The monoisotopic (exact) mass is 456 g/mol. The molecule has 3 aromatic rings. The van der Waals surface area contributed by atoms with Gasteiger partial charge in [0.15, 0.2) is 0 Å². The highest BCUT2D eigenvalue weighted by atomic mass is 16.6. The maximum atomic E-state index is 13.5. The van der Waals surface area contributed by atoms with Crippen molar-refractivity contribution in [2.75, 3.05) is 13.7 Å². The van der Waals surface area contributed by atoms with Crippen LogP contribution in [0.1, 0.15) is 29.2 Å². The molecule has 2 saturated heterocycles. The summed E-state index contributed by atoms with van der Waals surface area (Å²) in [7, 11) is 1.66. The van der Waals surface area contributed by atoms with Gasteiger partial charge in [-0.3, -0.25) is 9.69 Å². The van der Waals surface area contributed by atoms with E-state index in [-0.39, 0.29) is 24.6 Å². The Morgan fingerprint density at radius 2 is 1.62 bits per heavy atom. The zero-order valence-corrected chi connectivity index (χ0v) is 19.2. The van der Waals surface area contributed by atoms with Gasteiger partial charge in [-0.15, -0.1) is 0 Å². The molecular formula is C28H28N2O4. The van der Waals surface area contributed by atoms with Crippen LogP contribution in [0, 0.1) is 0 Å². The quantitative estimate of drug-likeness (QED) is 0.465. The number of likely N-dealkylation sites (tertiary alicyclic amines) is 1. The number of nitrogens with zero attached hydrogens (tertiary/aromatic N) is 2. The molecule has 0 N–H and O–H groups in total. The molecule has 0 saturated carbocycles. The minimum absolute atomic E-state index is 0.0284. The van der Waals surface area contributed by atoms with E-state index in [0.29, 0.717) is 6.54 Å². The van der Waals surface area contributed by atoms with E-state index in [2.05, 4.69) is 6.07 Å². The van der Waals surface area contributed by atoms with Gasteiger partial charge >= 0.3 is 6.09 Å². The molecule has 3 atom stereocenters. The Morgan fingerprint density at radius 1 is 0.912 bits per heavy atom. The molecule has 6 nitrogen and oxygen atoms in total. The van der Waals surface area contributed by atoms with Crippen molar-refractivity contribution < 1.29 is 19.1 Å². The molecular weight excluding hydrogens is 428 g/mol. The first kappa shape index (κ1) is 22.0. The number of benzene rings is 3. The first-order chi connectivity index (χ1) is 16.7. The van der Waals surface area contributed by atoms with Crippen LogP contribution in [0.3, 0.4) is 0 Å². The first-order valence-electron chi connectivity index (χ1n) is 11.6. The van der Waals surface area contributed by atoms with Gasteiger partial charge in [0.2, 0.25) is 5.91 Å². The van der Waals surface area contributed by atoms with Crippen LogP contribution < -0.4 is 4.74 Å². The van der Waals surface area contributed by atoms with Crippen LogP contribution in [0.5, 0.6) is 5.75 Å². The Kier molecular flexibility index (Phi) is 6.21. The third-order valence-electron chi connectivity index (χ3n) is 6.75. The standard InChI is InChI=1S/C28H28N2O4/c1-33-23-14-8-11-20(17-23)15-16-24-26(27(31)29(24)18-21-9-4-2-5-10-21)30-25(19-34-28(30)32)22-12-6-3-7-13-22/h2-14,17,24-26H,15-16,18-19H2,1H3/t24-,25-,26+/m1/s1. The summed E-state index contributed by atoms with van der Waals surface area (Å²) in [5.41, 5.74) is 3.19. The molecule has 0 bridgehead atoms. The number of β-lactam (4-membered cyclic amide) rings is 1. The topological polar surface area (TPSA) is 59.1 Å². The molecule has 2 amide bonds. The minimum Gasteiger partial charge on any atom is -0.497 e. The van der Waals surface area contributed by atoms with Crippen LogP contribution in [0.15, 0.2) is 84.9 Å². The Hall–Kier alpha value is -3.80. The van der Waals surface area contributed by atoms with E-state index in [1.54, 1.807) is 12.0 Å². The molecule has 2 fully saturated rings. The van der Waals surface area contributed by atoms with Gasteiger partial charge in [0.05, 0.1) is 19.2 Å². The Labute approximate surface area is 199 Å². The van der Waals surface area contributed by atoms with Gasteiger partial charge in [-0.25, -0.2) is 4.79 Å². The average Bonchev–Trinajstić information content (AvgIpc) is 3.26. The molecule has 2 aliphatic heterocycles. The SMILES string of the molecule is COc1cccc(CC[C@@H]2[C@H](N3C(=O)OC[C@@H]3c3ccccc3)C(=O)N2Cc2ccccc2)c1. The summed E-state index contributed by atoms with van der Waals surface area (Å²) in [6, 6.07) is 26.9. The van der Waals surface area contributed by atoms with E-state index in [1.807, 2.05) is 83.8 Å². The molecule has 2 heterocycles. The highest BCUT2D eigenvalue weighted by Crippen LogP contribution is 2.38. The lowest BCUT2D eigenvalue weighted by Gasteiger charge is -2.51. The molecule has 0 unspecified atom stereocenters. The molecule has 34 heavy (non-hydrogen) atoms. The van der Waals surface area contributed by atoms with Crippen molar-refractivity contribution in [1.82, 2.24) is 9.80 Å². The molecule has 0 radical (unpaired) electrons. The molecule has 0 aliphatic carbocycles. The third kappa shape index (κ3) is 4.23. The van der Waals surface area contributed by atoms with E-state index in [1.165, 1.54) is 0 Å². The summed E-state index contributed by atoms with van der Waals surface area (Å²) in [5.74, 6) is 0.784. The lowest BCUT2D eigenvalue weighted by molar-refractivity contribution is -0.159. The Bertz CT molecular complexity index is 1150. The number of carbonyl (C=O) groups is 2. The molecule has 2 aliphatic rings. The van der Waals surface area contributed by atoms with Crippen molar-refractivity contribution in [3.63, 3.8) is 0 Å². The van der Waals surface area contributed by atoms with E-state index in [4.69, 9.17) is 9.47 Å². The van der Waals surface area contributed by atoms with Crippen molar-refractivity contribution in [2.45, 2.75) is 37.5 Å². The second kappa shape index (κ2) is 9.59. The van der Waals surface area contributed by atoms with Gasteiger partial charge in [0.1, 0.15) is 18.4 Å². The lowest BCUT2D eigenvalue weighted by atomic mass is 9.86. The molecule has 174 valence electrons. The number of cyclic esters (lactones) is 1. The van der Waals surface area contributed by atoms with E-state index in [0.717, 1.165) is 35.3 Å². The predicted molar refractivity (Wildman–Crippen MR) is 128 cm³/mol. The van der Waals surface area contributed by atoms with Gasteiger partial charge in [-0.1, -0.05) is 72.8 Å². The van der Waals surface area contributed by atoms with E-state index < -0.39 is 12.1 Å². The van der Waals surface area contributed by atoms with Crippen molar-refractivity contribution in [3.8, 4) is 5.75 Å². The molecule has 0 spiro atoms. The van der Waals surface area contributed by atoms with Gasteiger partial charge in [0, 0.05) is 6.54 Å². The van der Waals surface area contributed by atoms with Crippen molar-refractivity contribution in [1.29, 1.82) is 0 Å². The molecule has 0 aromatic heterocycles. The minimum atomic E-state index is -0.533. The van der Waals surface area contributed by atoms with Crippen LogP contribution in [0.4, 0.5) is 4.79 Å². The lowest BCUT2D eigenvalue weighted by Crippen LogP contribution is -2.70. The number of aryl methyl sites for hydroxylation is 1. The summed E-state index contributed by atoms with van der Waals surface area (Å²) in [4.78, 5) is 29.8. The smallest absolute Gasteiger partial charge is 0.411 e. The van der Waals surface area contributed by atoms with Crippen LogP contribution in [0.2, 0.25) is 0 Å². The van der Waals surface area contributed by atoms with Crippen LogP contribution in [-0.4, -0.2) is 47.6 Å². The normalized spacial score (nSPS) is 21.9. The fourth-order valence-electron chi connectivity index (χ4n) is 4.99. The summed E-state index contributed by atoms with van der Waals surface area (Å²) >= 11 is 0. The summed E-state index contributed by atoms with van der Waals surface area (Å²) in [6.07, 6.45) is 1.09. The van der Waals surface area contributed by atoms with E-state index >= 15 is 0 Å². The fourth-order valence-corrected chi connectivity index (χ4v) is 4.99. The number of methoxy groups -OCH3 is 1. The third-order valence-corrected chi connectivity index (χ3v) is 6.75. The van der Waals surface area contributed by atoms with Crippen LogP contribution in [0.25, 0.3) is 0 Å². The van der Waals surface area contributed by atoms with Crippen molar-refractivity contribution in [3.05, 3.63) is 102 Å². The highest BCUT2D eigenvalue weighted by Gasteiger charge is 2.55. The maximum absolute atomic E-state index is 13.5. The summed E-state index contributed by atoms with van der Waals surface area (Å²) in [5, 5.41) is 0. The number of hydrogen-bond donors (Lipinski definition) is 0. The number of ether oxygens (including phenoxy) is 2. The van der Waals surface area contributed by atoms with Gasteiger partial charge < -0.3 is 14.4 Å². The molecule has 5 rings (SSSR count). The van der Waals surface area contributed by atoms with Gasteiger partial charge in [0.25, 0.3) is 0 Å². The van der Waals surface area contributed by atoms with Crippen LogP contribution >= 0.6 is 0 Å². The first-order valence-corrected chi connectivity index (χ1v) is 11.6. The van der Waals surface area contributed by atoms with Crippen molar-refractivity contribution >= 4 is 12.0 Å². The number of amides is 2. The number of rotatable bonds is 8. The zero-order chi connectivity index (χ0) is 23.5. The number of hydrogen-bond acceptors (Lipinski definition) is 4. The van der Waals surface area contributed by atoms with Crippen LogP contribution in [-0.2, 0) is 22.5 Å². The Morgan fingerprint density at radius 3 is 2.35 bits per heavy atom. The van der Waals surface area contributed by atoms with Gasteiger partial charge in [-0.05, 0) is 41.7 Å². The summed E-state index contributed by atoms with van der Waals surface area (Å²) in [6.45, 7) is 0.783. The van der Waals surface area contributed by atoms with Crippen molar-refractivity contribution in [2.24, 2.45) is 0 Å². The highest BCUT2D eigenvalue weighted by molar-refractivity contribution is 5.93. The maximum Gasteiger partial charge on any atom is 0.411 e. The molecule has 6 heteroatoms. The zero-order valence-electron chi connectivity index (χ0n) is 19.2. The second-order valence-electron chi connectivity index (χ2n) is 8.76. The van der Waals surface area contributed by atoms with E-state index in [9.17, 15) is 9.59 Å². The summed E-state index contributed by atoms with van der Waals surface area (Å²) < 4.78 is 10.8. The average molecular weight is 457 g/mol.